The molecule has 4 aromatic rings. The summed E-state index contributed by atoms with van der Waals surface area (Å²) in [4.78, 5) is 31.9. The minimum Gasteiger partial charge on any atom is -0.494 e. The zero-order valence-electron chi connectivity index (χ0n) is 19.4. The predicted molar refractivity (Wildman–Crippen MR) is 137 cm³/mol. The quantitative estimate of drug-likeness (QED) is 0.312. The Morgan fingerprint density at radius 3 is 2.51 bits per heavy atom. The molecule has 0 fully saturated rings. The fourth-order valence-electron chi connectivity index (χ4n) is 4.51. The summed E-state index contributed by atoms with van der Waals surface area (Å²) in [5.41, 5.74) is 2.69. The maximum absolute atomic E-state index is 14.0. The first-order valence-electron chi connectivity index (χ1n) is 11.0. The van der Waals surface area contributed by atoms with Gasteiger partial charge in [0.15, 0.2) is 5.78 Å². The standard InChI is InChI=1S/C27H22ClFN2O3S/c1-27(2)12-22-18(23(32)13-27)11-19(25-30-20(14-35-25)15-4-6-16(28)7-5-15)26(33)31(22)21-9-8-17(29)10-24(21)34-3/h4-11,14H,12-13H2,1-3H3. The molecule has 0 aliphatic heterocycles. The first-order valence-corrected chi connectivity index (χ1v) is 12.3. The van der Waals surface area contributed by atoms with Crippen LogP contribution < -0.4 is 10.3 Å². The van der Waals surface area contributed by atoms with Crippen LogP contribution in [-0.2, 0) is 6.42 Å². The van der Waals surface area contributed by atoms with E-state index in [4.69, 9.17) is 21.3 Å². The van der Waals surface area contributed by atoms with Gasteiger partial charge in [-0.3, -0.25) is 14.2 Å². The predicted octanol–water partition coefficient (Wildman–Crippen LogP) is 6.58. The maximum atomic E-state index is 14.0. The monoisotopic (exact) mass is 508 g/mol. The second-order valence-electron chi connectivity index (χ2n) is 9.36. The number of hydrogen-bond donors (Lipinski definition) is 0. The van der Waals surface area contributed by atoms with Crippen molar-refractivity contribution >= 4 is 28.7 Å². The van der Waals surface area contributed by atoms with E-state index < -0.39 is 5.82 Å². The molecule has 2 aromatic heterocycles. The van der Waals surface area contributed by atoms with Gasteiger partial charge in [0.1, 0.15) is 16.6 Å². The number of hydrogen-bond acceptors (Lipinski definition) is 5. The number of pyridine rings is 1. The van der Waals surface area contributed by atoms with E-state index in [1.807, 2.05) is 31.4 Å². The molecular formula is C27H22ClFN2O3S. The van der Waals surface area contributed by atoms with Crippen LogP contribution in [0.4, 0.5) is 4.39 Å². The van der Waals surface area contributed by atoms with Crippen molar-refractivity contribution in [1.29, 1.82) is 0 Å². The molecule has 0 unspecified atom stereocenters. The average Bonchev–Trinajstić information content (AvgIpc) is 3.29. The van der Waals surface area contributed by atoms with Crippen LogP contribution >= 0.6 is 22.9 Å². The fraction of sp³-hybridized carbons (Fsp3) is 0.222. The van der Waals surface area contributed by atoms with Crippen molar-refractivity contribution in [3.8, 4) is 33.3 Å². The number of ether oxygens (including phenoxy) is 1. The van der Waals surface area contributed by atoms with Crippen molar-refractivity contribution in [1.82, 2.24) is 9.55 Å². The number of Topliss-reactive ketones (excluding diaryl/α,β-unsaturated/α-hetero) is 1. The number of carbonyl (C=O) groups is 1. The summed E-state index contributed by atoms with van der Waals surface area (Å²) in [6.07, 6.45) is 0.879. The van der Waals surface area contributed by atoms with E-state index in [1.165, 1.54) is 41.2 Å². The smallest absolute Gasteiger partial charge is 0.265 e. The molecule has 0 bridgehead atoms. The van der Waals surface area contributed by atoms with Gasteiger partial charge in [0.05, 0.1) is 24.1 Å². The number of carbonyl (C=O) groups excluding carboxylic acids is 1. The first kappa shape index (κ1) is 23.5. The summed E-state index contributed by atoms with van der Waals surface area (Å²) in [5, 5.41) is 2.98. The lowest BCUT2D eigenvalue weighted by atomic mass is 9.75. The van der Waals surface area contributed by atoms with Gasteiger partial charge in [-0.05, 0) is 42.2 Å². The lowest BCUT2D eigenvalue weighted by Crippen LogP contribution is -2.35. The zero-order chi connectivity index (χ0) is 24.9. The molecule has 0 amide bonds. The molecule has 1 aliphatic carbocycles. The van der Waals surface area contributed by atoms with Crippen LogP contribution in [0.15, 0.2) is 58.7 Å². The molecule has 1 aliphatic rings. The molecule has 0 spiro atoms. The molecule has 0 radical (unpaired) electrons. The van der Waals surface area contributed by atoms with E-state index in [-0.39, 0.29) is 22.5 Å². The van der Waals surface area contributed by atoms with Crippen LogP contribution in [0.3, 0.4) is 0 Å². The number of methoxy groups -OCH3 is 1. The van der Waals surface area contributed by atoms with Crippen molar-refractivity contribution in [2.75, 3.05) is 7.11 Å². The summed E-state index contributed by atoms with van der Waals surface area (Å²) in [6, 6.07) is 13.0. The van der Waals surface area contributed by atoms with Crippen LogP contribution in [-0.4, -0.2) is 22.4 Å². The molecule has 35 heavy (non-hydrogen) atoms. The molecule has 0 saturated carbocycles. The Morgan fingerprint density at radius 2 is 1.80 bits per heavy atom. The fourth-order valence-corrected chi connectivity index (χ4v) is 5.47. The minimum absolute atomic E-state index is 0.0400. The Bertz CT molecular complexity index is 1520. The summed E-state index contributed by atoms with van der Waals surface area (Å²) >= 11 is 7.33. The number of halogens is 2. The summed E-state index contributed by atoms with van der Waals surface area (Å²) in [5.74, 6) is -0.308. The number of benzene rings is 2. The molecule has 5 rings (SSSR count). The highest BCUT2D eigenvalue weighted by molar-refractivity contribution is 7.13. The zero-order valence-corrected chi connectivity index (χ0v) is 21.0. The normalized spacial score (nSPS) is 14.6. The summed E-state index contributed by atoms with van der Waals surface area (Å²) in [7, 11) is 1.42. The highest BCUT2D eigenvalue weighted by Gasteiger charge is 2.35. The van der Waals surface area contributed by atoms with Gasteiger partial charge < -0.3 is 4.74 Å². The highest BCUT2D eigenvalue weighted by atomic mass is 35.5. The molecule has 178 valence electrons. The number of aromatic nitrogens is 2. The van der Waals surface area contributed by atoms with Gasteiger partial charge in [0.2, 0.25) is 0 Å². The van der Waals surface area contributed by atoms with Crippen molar-refractivity contribution < 1.29 is 13.9 Å². The Balaban J connectivity index is 1.75. The molecule has 0 saturated heterocycles. The summed E-state index contributed by atoms with van der Waals surface area (Å²) < 4.78 is 20.9. The van der Waals surface area contributed by atoms with Crippen LogP contribution in [0.5, 0.6) is 5.75 Å². The van der Waals surface area contributed by atoms with E-state index in [1.54, 1.807) is 18.2 Å². The number of ketones is 1. The molecule has 0 atom stereocenters. The molecular weight excluding hydrogens is 487 g/mol. The molecule has 0 N–H and O–H groups in total. The SMILES string of the molecule is COc1cc(F)ccc1-n1c2c(cc(-c3nc(-c4ccc(Cl)cc4)cs3)c1=O)C(=O)CC(C)(C)C2. The third-order valence-corrected chi connectivity index (χ3v) is 7.27. The topological polar surface area (TPSA) is 61.2 Å². The van der Waals surface area contributed by atoms with Gasteiger partial charge in [0.25, 0.3) is 5.56 Å². The average molecular weight is 509 g/mol. The van der Waals surface area contributed by atoms with Crippen LogP contribution in [0.2, 0.25) is 5.02 Å². The van der Waals surface area contributed by atoms with Gasteiger partial charge in [-0.1, -0.05) is 37.6 Å². The number of nitrogens with zero attached hydrogens (tertiary/aromatic N) is 2. The van der Waals surface area contributed by atoms with Gasteiger partial charge in [0, 0.05) is 39.7 Å². The third kappa shape index (κ3) is 4.30. The molecule has 2 heterocycles. The van der Waals surface area contributed by atoms with Crippen LogP contribution in [0.1, 0.15) is 36.3 Å². The van der Waals surface area contributed by atoms with E-state index in [0.717, 1.165) is 5.56 Å². The van der Waals surface area contributed by atoms with E-state index in [9.17, 15) is 14.0 Å². The largest absolute Gasteiger partial charge is 0.494 e. The number of thiazole rings is 1. The minimum atomic E-state index is -0.479. The van der Waals surface area contributed by atoms with E-state index in [0.29, 0.717) is 51.1 Å². The Kier molecular flexibility index (Phi) is 5.85. The highest BCUT2D eigenvalue weighted by Crippen LogP contribution is 2.38. The molecule has 8 heteroatoms. The molecule has 2 aromatic carbocycles. The van der Waals surface area contributed by atoms with E-state index >= 15 is 0 Å². The lowest BCUT2D eigenvalue weighted by Gasteiger charge is -2.32. The van der Waals surface area contributed by atoms with Crippen molar-refractivity contribution in [2.24, 2.45) is 5.41 Å². The number of rotatable bonds is 4. The number of fused-ring (bicyclic) bond motifs is 1. The Morgan fingerprint density at radius 1 is 1.06 bits per heavy atom. The van der Waals surface area contributed by atoms with Gasteiger partial charge in [-0.15, -0.1) is 11.3 Å². The third-order valence-electron chi connectivity index (χ3n) is 6.15. The lowest BCUT2D eigenvalue weighted by molar-refractivity contribution is 0.0909. The van der Waals surface area contributed by atoms with E-state index in [2.05, 4.69) is 0 Å². The Labute approximate surface area is 210 Å². The van der Waals surface area contributed by atoms with Crippen LogP contribution in [0.25, 0.3) is 27.5 Å². The first-order chi connectivity index (χ1) is 16.7. The Hall–Kier alpha value is -3.29. The molecule has 5 nitrogen and oxygen atoms in total. The second kappa shape index (κ2) is 8.73. The second-order valence-corrected chi connectivity index (χ2v) is 10.7. The maximum Gasteiger partial charge on any atom is 0.265 e. The summed E-state index contributed by atoms with van der Waals surface area (Å²) in [6.45, 7) is 4.00. The van der Waals surface area contributed by atoms with Crippen LogP contribution in [0, 0.1) is 11.2 Å². The van der Waals surface area contributed by atoms with Gasteiger partial charge in [-0.2, -0.15) is 0 Å². The van der Waals surface area contributed by atoms with Crippen molar-refractivity contribution in [3.63, 3.8) is 0 Å². The van der Waals surface area contributed by atoms with Gasteiger partial charge >= 0.3 is 0 Å². The van der Waals surface area contributed by atoms with Crippen molar-refractivity contribution in [2.45, 2.75) is 26.7 Å². The van der Waals surface area contributed by atoms with Gasteiger partial charge in [-0.25, -0.2) is 9.37 Å². The van der Waals surface area contributed by atoms with Crippen molar-refractivity contribution in [3.05, 3.63) is 86.4 Å².